The van der Waals surface area contributed by atoms with Crippen molar-refractivity contribution in [2.45, 2.75) is 13.8 Å². The van der Waals surface area contributed by atoms with Gasteiger partial charge in [-0.05, 0) is 6.92 Å². The Morgan fingerprint density at radius 3 is 2.50 bits per heavy atom. The van der Waals surface area contributed by atoms with Crippen molar-refractivity contribution in [1.82, 2.24) is 15.0 Å². The molecule has 0 aliphatic carbocycles. The number of rotatable bonds is 2. The highest BCUT2D eigenvalue weighted by Crippen LogP contribution is 2.20. The summed E-state index contributed by atoms with van der Waals surface area (Å²) in [5, 5.41) is 7.07. The highest BCUT2D eigenvalue weighted by molar-refractivity contribution is 5.93. The Labute approximate surface area is 100 Å². The molecule has 0 spiro atoms. The van der Waals surface area contributed by atoms with Gasteiger partial charge in [0.25, 0.3) is 0 Å². The van der Waals surface area contributed by atoms with E-state index in [4.69, 9.17) is 0 Å². The van der Waals surface area contributed by atoms with Crippen LogP contribution in [0.25, 0.3) is 5.69 Å². The van der Waals surface area contributed by atoms with Gasteiger partial charge in [0.1, 0.15) is 11.5 Å². The normalized spacial score (nSPS) is 10.7. The van der Waals surface area contributed by atoms with Crippen molar-refractivity contribution in [3.63, 3.8) is 0 Å². The fraction of sp³-hybridized carbons (Fsp3) is 0.182. The number of Topliss-reactive ketones (excluding diaryl/α,β-unsaturated/α-hetero) is 1. The third kappa shape index (κ3) is 1.87. The first-order valence-corrected chi connectivity index (χ1v) is 5.00. The molecule has 18 heavy (non-hydrogen) atoms. The zero-order valence-corrected chi connectivity index (χ0v) is 9.54. The van der Waals surface area contributed by atoms with Crippen molar-refractivity contribution in [1.29, 1.82) is 0 Å². The SMILES string of the molecule is CC(=O)c1nnn(-c2cc(F)cc(F)c2F)c1C. The van der Waals surface area contributed by atoms with E-state index in [2.05, 4.69) is 10.3 Å². The van der Waals surface area contributed by atoms with Crippen LogP contribution >= 0.6 is 0 Å². The molecule has 2 aromatic rings. The zero-order valence-electron chi connectivity index (χ0n) is 9.54. The van der Waals surface area contributed by atoms with E-state index in [1.165, 1.54) is 13.8 Å². The summed E-state index contributed by atoms with van der Waals surface area (Å²) < 4.78 is 40.6. The Hall–Kier alpha value is -2.18. The van der Waals surface area contributed by atoms with Crippen LogP contribution in [0.5, 0.6) is 0 Å². The van der Waals surface area contributed by atoms with Gasteiger partial charge < -0.3 is 0 Å². The minimum atomic E-state index is -1.33. The average molecular weight is 255 g/mol. The predicted molar refractivity (Wildman–Crippen MR) is 56.0 cm³/mol. The first-order chi connectivity index (χ1) is 8.41. The first kappa shape index (κ1) is 12.3. The van der Waals surface area contributed by atoms with Crippen LogP contribution < -0.4 is 0 Å². The van der Waals surface area contributed by atoms with Crippen LogP contribution in [0.1, 0.15) is 23.1 Å². The number of aromatic nitrogens is 3. The molecular weight excluding hydrogens is 247 g/mol. The van der Waals surface area contributed by atoms with Gasteiger partial charge in [0, 0.05) is 19.1 Å². The van der Waals surface area contributed by atoms with Crippen LogP contribution in [0.4, 0.5) is 13.2 Å². The summed E-state index contributed by atoms with van der Waals surface area (Å²) in [5.74, 6) is -3.89. The van der Waals surface area contributed by atoms with Crippen LogP contribution in [0.3, 0.4) is 0 Å². The van der Waals surface area contributed by atoms with Gasteiger partial charge in [-0.25, -0.2) is 17.9 Å². The molecule has 0 saturated carbocycles. The van der Waals surface area contributed by atoms with E-state index in [0.29, 0.717) is 6.07 Å². The number of carbonyl (C=O) groups excluding carboxylic acids is 1. The molecule has 0 fully saturated rings. The Kier molecular flexibility index (Phi) is 2.90. The van der Waals surface area contributed by atoms with E-state index < -0.39 is 23.1 Å². The molecule has 0 aliphatic rings. The van der Waals surface area contributed by atoms with Gasteiger partial charge in [-0.1, -0.05) is 5.21 Å². The molecule has 1 aromatic carbocycles. The molecule has 0 N–H and O–H groups in total. The third-order valence-electron chi connectivity index (χ3n) is 2.43. The van der Waals surface area contributed by atoms with Crippen molar-refractivity contribution in [2.75, 3.05) is 0 Å². The Balaban J connectivity index is 2.66. The maximum absolute atomic E-state index is 13.5. The number of carbonyl (C=O) groups is 1. The fourth-order valence-corrected chi connectivity index (χ4v) is 1.58. The standard InChI is InChI=1S/C11H8F3N3O/c1-5-11(6(2)18)15-16-17(5)9-4-7(12)3-8(13)10(9)14/h3-4H,1-2H3. The molecule has 4 nitrogen and oxygen atoms in total. The summed E-state index contributed by atoms with van der Waals surface area (Å²) in [6.45, 7) is 2.73. The maximum atomic E-state index is 13.5. The number of benzene rings is 1. The summed E-state index contributed by atoms with van der Waals surface area (Å²) in [7, 11) is 0. The summed E-state index contributed by atoms with van der Waals surface area (Å²) in [6, 6.07) is 1.21. The van der Waals surface area contributed by atoms with Crippen molar-refractivity contribution in [3.05, 3.63) is 41.0 Å². The van der Waals surface area contributed by atoms with E-state index in [1.54, 1.807) is 0 Å². The van der Waals surface area contributed by atoms with Crippen LogP contribution in [-0.4, -0.2) is 20.8 Å². The monoisotopic (exact) mass is 255 g/mol. The maximum Gasteiger partial charge on any atom is 0.184 e. The van der Waals surface area contributed by atoms with E-state index in [0.717, 1.165) is 10.7 Å². The van der Waals surface area contributed by atoms with Crippen LogP contribution in [0.15, 0.2) is 12.1 Å². The lowest BCUT2D eigenvalue weighted by Crippen LogP contribution is -2.06. The second-order valence-corrected chi connectivity index (χ2v) is 3.71. The number of ketones is 1. The molecule has 1 aromatic heterocycles. The number of hydrogen-bond acceptors (Lipinski definition) is 3. The van der Waals surface area contributed by atoms with Crippen LogP contribution in [-0.2, 0) is 0 Å². The molecule has 0 unspecified atom stereocenters. The molecule has 0 bridgehead atoms. The van der Waals surface area contributed by atoms with Crippen molar-refractivity contribution < 1.29 is 18.0 Å². The summed E-state index contributed by atoms with van der Waals surface area (Å²) in [5.41, 5.74) is -0.185. The smallest absolute Gasteiger partial charge is 0.184 e. The Morgan fingerprint density at radius 2 is 1.94 bits per heavy atom. The number of hydrogen-bond donors (Lipinski definition) is 0. The lowest BCUT2D eigenvalue weighted by atomic mass is 10.2. The van der Waals surface area contributed by atoms with E-state index in [-0.39, 0.29) is 17.2 Å². The van der Waals surface area contributed by atoms with Gasteiger partial charge in [0.05, 0.1) is 5.69 Å². The summed E-state index contributed by atoms with van der Waals surface area (Å²) in [6.07, 6.45) is 0. The number of halogens is 3. The van der Waals surface area contributed by atoms with Crippen LogP contribution in [0.2, 0.25) is 0 Å². The van der Waals surface area contributed by atoms with Gasteiger partial charge in [-0.15, -0.1) is 5.10 Å². The van der Waals surface area contributed by atoms with Gasteiger partial charge >= 0.3 is 0 Å². The van der Waals surface area contributed by atoms with Crippen molar-refractivity contribution >= 4 is 5.78 Å². The minimum Gasteiger partial charge on any atom is -0.293 e. The molecule has 0 saturated heterocycles. The lowest BCUT2D eigenvalue weighted by Gasteiger charge is -2.05. The lowest BCUT2D eigenvalue weighted by molar-refractivity contribution is 0.101. The topological polar surface area (TPSA) is 47.8 Å². The third-order valence-corrected chi connectivity index (χ3v) is 2.43. The molecule has 94 valence electrons. The molecule has 0 atom stereocenters. The molecule has 0 amide bonds. The van der Waals surface area contributed by atoms with E-state index >= 15 is 0 Å². The molecule has 1 heterocycles. The molecule has 2 rings (SSSR count). The zero-order chi connectivity index (χ0) is 13.4. The largest absolute Gasteiger partial charge is 0.293 e. The quantitative estimate of drug-likeness (QED) is 0.610. The van der Waals surface area contributed by atoms with E-state index in [1.807, 2.05) is 0 Å². The van der Waals surface area contributed by atoms with Gasteiger partial charge in [0.15, 0.2) is 23.1 Å². The molecule has 0 aliphatic heterocycles. The fourth-order valence-electron chi connectivity index (χ4n) is 1.58. The number of nitrogens with zero attached hydrogens (tertiary/aromatic N) is 3. The van der Waals surface area contributed by atoms with Crippen molar-refractivity contribution in [3.8, 4) is 5.69 Å². The van der Waals surface area contributed by atoms with Gasteiger partial charge in [-0.3, -0.25) is 4.79 Å². The van der Waals surface area contributed by atoms with Crippen LogP contribution in [0, 0.1) is 24.4 Å². The average Bonchev–Trinajstić information content (AvgIpc) is 2.65. The minimum absolute atomic E-state index is 0.0269. The van der Waals surface area contributed by atoms with Gasteiger partial charge in [-0.2, -0.15) is 0 Å². The molecule has 0 radical (unpaired) electrons. The van der Waals surface area contributed by atoms with Crippen molar-refractivity contribution in [2.24, 2.45) is 0 Å². The van der Waals surface area contributed by atoms with E-state index in [9.17, 15) is 18.0 Å². The first-order valence-electron chi connectivity index (χ1n) is 5.00. The predicted octanol–water partition coefficient (Wildman–Crippen LogP) is 2.20. The molecule has 7 heteroatoms. The highest BCUT2D eigenvalue weighted by Gasteiger charge is 2.19. The molecular formula is C11H8F3N3O. The highest BCUT2D eigenvalue weighted by atomic mass is 19.2. The summed E-state index contributed by atoms with van der Waals surface area (Å²) in [4.78, 5) is 11.2. The second-order valence-electron chi connectivity index (χ2n) is 3.71. The van der Waals surface area contributed by atoms with Gasteiger partial charge in [0.2, 0.25) is 0 Å². The summed E-state index contributed by atoms with van der Waals surface area (Å²) >= 11 is 0. The second kappa shape index (κ2) is 4.25. The Bertz CT molecular complexity index is 637. The Morgan fingerprint density at radius 1 is 1.28 bits per heavy atom.